The average Bonchev–Trinajstić information content (AvgIpc) is 2.53. The van der Waals surface area contributed by atoms with E-state index < -0.39 is 0 Å². The van der Waals surface area contributed by atoms with Gasteiger partial charge in [-0.2, -0.15) is 0 Å². The first kappa shape index (κ1) is 15.6. The molecule has 0 bridgehead atoms. The molecule has 0 amide bonds. The van der Waals surface area contributed by atoms with Crippen molar-refractivity contribution in [3.8, 4) is 0 Å². The summed E-state index contributed by atoms with van der Waals surface area (Å²) in [7, 11) is 0. The molecular formula is C19H30O. The lowest BCUT2D eigenvalue weighted by atomic mass is 9.85. The molecule has 1 heteroatoms. The molecule has 1 aliphatic carbocycles. The van der Waals surface area contributed by atoms with Crippen LogP contribution in [0.5, 0.6) is 0 Å². The number of rotatable bonds is 7. The van der Waals surface area contributed by atoms with Crippen molar-refractivity contribution < 1.29 is 4.74 Å². The normalized spacial score (nSPS) is 19.7. The molecule has 1 aromatic rings. The zero-order valence-corrected chi connectivity index (χ0v) is 13.2. The first-order valence-corrected chi connectivity index (χ1v) is 8.50. The lowest BCUT2D eigenvalue weighted by Crippen LogP contribution is -2.17. The number of ether oxygens (including phenoxy) is 1. The Labute approximate surface area is 124 Å². The van der Waals surface area contributed by atoms with Crippen LogP contribution in [0, 0.1) is 5.92 Å². The van der Waals surface area contributed by atoms with E-state index in [1.165, 1.54) is 50.5 Å². The van der Waals surface area contributed by atoms with Gasteiger partial charge in [0.1, 0.15) is 0 Å². The van der Waals surface area contributed by atoms with Crippen molar-refractivity contribution in [1.82, 2.24) is 0 Å². The molecule has 1 saturated carbocycles. The summed E-state index contributed by atoms with van der Waals surface area (Å²) >= 11 is 0. The second-order valence-electron chi connectivity index (χ2n) is 6.30. The van der Waals surface area contributed by atoms with Crippen LogP contribution >= 0.6 is 0 Å². The standard InChI is InChI=1S/C19H30O/c1-3-19(15-14-17-10-6-4-7-11-17)20-16(2)18-12-8-5-9-13-18/h5,8-9,12-13,16-17,19H,3-4,6-7,10-11,14-15H2,1-2H3. The van der Waals surface area contributed by atoms with Crippen molar-refractivity contribution in [3.05, 3.63) is 35.9 Å². The molecule has 1 nitrogen and oxygen atoms in total. The lowest BCUT2D eigenvalue weighted by molar-refractivity contribution is -0.0135. The summed E-state index contributed by atoms with van der Waals surface area (Å²) < 4.78 is 6.28. The van der Waals surface area contributed by atoms with Crippen molar-refractivity contribution >= 4 is 0 Å². The number of hydrogen-bond acceptors (Lipinski definition) is 1. The maximum Gasteiger partial charge on any atom is 0.0800 e. The molecule has 1 fully saturated rings. The van der Waals surface area contributed by atoms with Gasteiger partial charge in [0.25, 0.3) is 0 Å². The Morgan fingerprint density at radius 2 is 1.80 bits per heavy atom. The van der Waals surface area contributed by atoms with Crippen LogP contribution < -0.4 is 0 Å². The molecule has 0 aliphatic heterocycles. The Morgan fingerprint density at radius 1 is 1.10 bits per heavy atom. The van der Waals surface area contributed by atoms with Crippen molar-refractivity contribution in [2.75, 3.05) is 0 Å². The predicted molar refractivity (Wildman–Crippen MR) is 85.8 cm³/mol. The van der Waals surface area contributed by atoms with Gasteiger partial charge in [-0.25, -0.2) is 0 Å². The molecule has 0 saturated heterocycles. The second-order valence-corrected chi connectivity index (χ2v) is 6.30. The van der Waals surface area contributed by atoms with E-state index in [1.807, 2.05) is 0 Å². The summed E-state index contributed by atoms with van der Waals surface area (Å²) in [6.07, 6.45) is 11.6. The summed E-state index contributed by atoms with van der Waals surface area (Å²) in [4.78, 5) is 0. The molecule has 2 unspecified atom stereocenters. The van der Waals surface area contributed by atoms with E-state index in [1.54, 1.807) is 0 Å². The maximum atomic E-state index is 6.28. The number of hydrogen-bond donors (Lipinski definition) is 0. The minimum atomic E-state index is 0.215. The molecule has 2 atom stereocenters. The van der Waals surface area contributed by atoms with Gasteiger partial charge in [0.05, 0.1) is 12.2 Å². The fourth-order valence-electron chi connectivity index (χ4n) is 3.36. The Kier molecular flexibility index (Phi) is 6.59. The number of benzene rings is 1. The fraction of sp³-hybridized carbons (Fsp3) is 0.684. The summed E-state index contributed by atoms with van der Waals surface area (Å²) in [5.41, 5.74) is 1.30. The van der Waals surface area contributed by atoms with Gasteiger partial charge in [0.15, 0.2) is 0 Å². The summed E-state index contributed by atoms with van der Waals surface area (Å²) in [6, 6.07) is 10.6. The largest absolute Gasteiger partial charge is 0.371 e. The van der Waals surface area contributed by atoms with Gasteiger partial charge in [0, 0.05) is 0 Å². The van der Waals surface area contributed by atoms with E-state index >= 15 is 0 Å². The zero-order chi connectivity index (χ0) is 14.2. The smallest absolute Gasteiger partial charge is 0.0800 e. The minimum absolute atomic E-state index is 0.215. The van der Waals surface area contributed by atoms with E-state index in [0.29, 0.717) is 6.10 Å². The quantitative estimate of drug-likeness (QED) is 0.601. The highest BCUT2D eigenvalue weighted by Crippen LogP contribution is 2.29. The van der Waals surface area contributed by atoms with Crippen LogP contribution in [0.3, 0.4) is 0 Å². The molecule has 0 N–H and O–H groups in total. The van der Waals surface area contributed by atoms with E-state index in [0.717, 1.165) is 12.3 Å². The molecule has 20 heavy (non-hydrogen) atoms. The van der Waals surface area contributed by atoms with Gasteiger partial charge < -0.3 is 4.74 Å². The Morgan fingerprint density at radius 3 is 2.45 bits per heavy atom. The average molecular weight is 274 g/mol. The van der Waals surface area contributed by atoms with Gasteiger partial charge >= 0.3 is 0 Å². The molecule has 2 rings (SSSR count). The SMILES string of the molecule is CCC(CCC1CCCCC1)OC(C)c1ccccc1. The van der Waals surface area contributed by atoms with E-state index in [9.17, 15) is 0 Å². The molecule has 0 heterocycles. The maximum absolute atomic E-state index is 6.28. The summed E-state index contributed by atoms with van der Waals surface area (Å²) in [6.45, 7) is 4.43. The van der Waals surface area contributed by atoms with E-state index in [4.69, 9.17) is 4.74 Å². The molecule has 0 radical (unpaired) electrons. The van der Waals surface area contributed by atoms with Crippen LogP contribution in [0.4, 0.5) is 0 Å². The van der Waals surface area contributed by atoms with Gasteiger partial charge in [0.2, 0.25) is 0 Å². The van der Waals surface area contributed by atoms with Gasteiger partial charge in [-0.15, -0.1) is 0 Å². The van der Waals surface area contributed by atoms with E-state index in [2.05, 4.69) is 44.2 Å². The highest BCUT2D eigenvalue weighted by atomic mass is 16.5. The third-order valence-electron chi connectivity index (χ3n) is 4.74. The molecule has 112 valence electrons. The highest BCUT2D eigenvalue weighted by Gasteiger charge is 2.17. The van der Waals surface area contributed by atoms with E-state index in [-0.39, 0.29) is 6.10 Å². The monoisotopic (exact) mass is 274 g/mol. The molecule has 0 aromatic heterocycles. The zero-order valence-electron chi connectivity index (χ0n) is 13.2. The summed E-state index contributed by atoms with van der Waals surface area (Å²) in [5.74, 6) is 0.966. The Hall–Kier alpha value is -0.820. The van der Waals surface area contributed by atoms with Crippen molar-refractivity contribution in [3.63, 3.8) is 0 Å². The first-order chi connectivity index (χ1) is 9.79. The third kappa shape index (κ3) is 4.94. The van der Waals surface area contributed by atoms with Crippen molar-refractivity contribution in [2.24, 2.45) is 5.92 Å². The highest BCUT2D eigenvalue weighted by molar-refractivity contribution is 5.16. The van der Waals surface area contributed by atoms with Crippen molar-refractivity contribution in [1.29, 1.82) is 0 Å². The second kappa shape index (κ2) is 8.46. The Balaban J connectivity index is 1.76. The van der Waals surface area contributed by atoms with Crippen molar-refractivity contribution in [2.45, 2.75) is 77.4 Å². The van der Waals surface area contributed by atoms with Crippen LogP contribution in [-0.2, 0) is 4.74 Å². The molecule has 1 aromatic carbocycles. The van der Waals surface area contributed by atoms with Crippen LogP contribution in [-0.4, -0.2) is 6.10 Å². The molecular weight excluding hydrogens is 244 g/mol. The van der Waals surface area contributed by atoms with Gasteiger partial charge in [-0.05, 0) is 37.7 Å². The minimum Gasteiger partial charge on any atom is -0.371 e. The van der Waals surface area contributed by atoms with Crippen LogP contribution in [0.1, 0.15) is 76.9 Å². The lowest BCUT2D eigenvalue weighted by Gasteiger charge is -2.26. The topological polar surface area (TPSA) is 9.23 Å². The third-order valence-corrected chi connectivity index (χ3v) is 4.74. The molecule has 0 spiro atoms. The van der Waals surface area contributed by atoms with Crippen LogP contribution in [0.25, 0.3) is 0 Å². The summed E-state index contributed by atoms with van der Waals surface area (Å²) in [5, 5.41) is 0. The molecule has 1 aliphatic rings. The van der Waals surface area contributed by atoms with Crippen LogP contribution in [0.15, 0.2) is 30.3 Å². The fourth-order valence-corrected chi connectivity index (χ4v) is 3.36. The Bertz CT molecular complexity index is 353. The van der Waals surface area contributed by atoms with Gasteiger partial charge in [-0.3, -0.25) is 0 Å². The first-order valence-electron chi connectivity index (χ1n) is 8.50. The predicted octanol–water partition coefficient (Wildman–Crippen LogP) is 5.90. The van der Waals surface area contributed by atoms with Crippen LogP contribution in [0.2, 0.25) is 0 Å². The van der Waals surface area contributed by atoms with Gasteiger partial charge in [-0.1, -0.05) is 69.4 Å².